The number of carbonyl (C=O) groups is 4. The highest BCUT2D eigenvalue weighted by molar-refractivity contribution is 7.80. The minimum atomic E-state index is -1.15. The number of carbonyl (C=O) groups excluding carboxylic acids is 3. The van der Waals surface area contributed by atoms with Crippen molar-refractivity contribution in [2.75, 3.05) is 5.75 Å². The van der Waals surface area contributed by atoms with Crippen LogP contribution in [0.15, 0.2) is 30.3 Å². The van der Waals surface area contributed by atoms with Crippen LogP contribution in [-0.2, 0) is 25.6 Å². The molecule has 3 amide bonds. The molecule has 0 aliphatic rings. The molecule has 0 spiro atoms. The highest BCUT2D eigenvalue weighted by Crippen LogP contribution is 2.09. The van der Waals surface area contributed by atoms with E-state index >= 15 is 0 Å². The summed E-state index contributed by atoms with van der Waals surface area (Å²) in [4.78, 5) is 50.0. The number of hydrogen-bond acceptors (Lipinski definition) is 6. The summed E-state index contributed by atoms with van der Waals surface area (Å²) in [5.74, 6) is -2.60. The van der Waals surface area contributed by atoms with Gasteiger partial charge < -0.3 is 26.8 Å². The maximum absolute atomic E-state index is 13.0. The van der Waals surface area contributed by atoms with E-state index < -0.39 is 47.9 Å². The van der Waals surface area contributed by atoms with E-state index in [4.69, 9.17) is 5.73 Å². The Labute approximate surface area is 207 Å². The van der Waals surface area contributed by atoms with Gasteiger partial charge in [0.1, 0.15) is 18.1 Å². The molecule has 0 saturated carbocycles. The molecular formula is C24H38N4O5S. The Morgan fingerprint density at radius 3 is 1.82 bits per heavy atom. The van der Waals surface area contributed by atoms with Crippen LogP contribution in [0.4, 0.5) is 0 Å². The van der Waals surface area contributed by atoms with Crippen LogP contribution in [0.5, 0.6) is 0 Å². The highest BCUT2D eigenvalue weighted by atomic mass is 32.1. The summed E-state index contributed by atoms with van der Waals surface area (Å²) in [7, 11) is 0. The van der Waals surface area contributed by atoms with Crippen molar-refractivity contribution in [3.05, 3.63) is 35.9 Å². The first-order valence-corrected chi connectivity index (χ1v) is 12.1. The van der Waals surface area contributed by atoms with Crippen LogP contribution in [0.25, 0.3) is 0 Å². The lowest BCUT2D eigenvalue weighted by Gasteiger charge is -2.25. The first-order valence-electron chi connectivity index (χ1n) is 11.5. The van der Waals surface area contributed by atoms with Crippen LogP contribution in [0.1, 0.15) is 46.1 Å². The summed E-state index contributed by atoms with van der Waals surface area (Å²) in [5, 5.41) is 17.3. The Hall–Kier alpha value is -2.59. The van der Waals surface area contributed by atoms with Crippen LogP contribution in [0.2, 0.25) is 0 Å². The number of nitrogens with two attached hydrogens (primary N) is 1. The fourth-order valence-corrected chi connectivity index (χ4v) is 3.64. The molecule has 0 bridgehead atoms. The van der Waals surface area contributed by atoms with E-state index in [0.29, 0.717) is 6.42 Å². The van der Waals surface area contributed by atoms with Gasteiger partial charge >= 0.3 is 5.97 Å². The van der Waals surface area contributed by atoms with Crippen molar-refractivity contribution in [2.24, 2.45) is 17.6 Å². The van der Waals surface area contributed by atoms with Crippen LogP contribution < -0.4 is 21.7 Å². The maximum atomic E-state index is 13.0. The molecule has 0 fully saturated rings. The normalized spacial score (nSPS) is 14.7. The standard InChI is InChI=1S/C24H38N4O5S/c1-14(2)10-17(25)21(29)28-20(13-34)23(31)26-18(12-16-8-6-5-7-9-16)22(30)27-19(24(32)33)11-15(3)4/h5-9,14-15,17-20,34H,10-13,25H2,1-4H3,(H,26,31)(H,27,30)(H,28,29)(H,32,33)/t17-,18-,19-,20-/m0/s1. The van der Waals surface area contributed by atoms with Crippen molar-refractivity contribution in [3.8, 4) is 0 Å². The number of rotatable bonds is 14. The lowest BCUT2D eigenvalue weighted by atomic mass is 10.0. The molecule has 6 N–H and O–H groups in total. The second-order valence-electron chi connectivity index (χ2n) is 9.26. The van der Waals surface area contributed by atoms with Crippen molar-refractivity contribution in [1.82, 2.24) is 16.0 Å². The zero-order chi connectivity index (χ0) is 25.8. The Morgan fingerprint density at radius 2 is 1.32 bits per heavy atom. The second-order valence-corrected chi connectivity index (χ2v) is 9.62. The number of aliphatic carboxylic acids is 1. The van der Waals surface area contributed by atoms with Gasteiger partial charge in [0.05, 0.1) is 6.04 Å². The summed E-state index contributed by atoms with van der Waals surface area (Å²) in [5.41, 5.74) is 6.69. The predicted octanol–water partition coefficient (Wildman–Crippen LogP) is 1.12. The first-order chi connectivity index (χ1) is 15.9. The summed E-state index contributed by atoms with van der Waals surface area (Å²) in [6.07, 6.45) is 0.848. The number of hydrogen-bond donors (Lipinski definition) is 6. The molecule has 190 valence electrons. The largest absolute Gasteiger partial charge is 0.480 e. The first kappa shape index (κ1) is 29.4. The van der Waals surface area contributed by atoms with Crippen molar-refractivity contribution in [1.29, 1.82) is 0 Å². The fourth-order valence-electron chi connectivity index (χ4n) is 3.38. The molecule has 0 aliphatic carbocycles. The van der Waals surface area contributed by atoms with Gasteiger partial charge in [0, 0.05) is 12.2 Å². The van der Waals surface area contributed by atoms with Gasteiger partial charge in [-0.15, -0.1) is 0 Å². The summed E-state index contributed by atoms with van der Waals surface area (Å²) in [6, 6.07) is 5.13. The van der Waals surface area contributed by atoms with Crippen molar-refractivity contribution < 1.29 is 24.3 Å². The van der Waals surface area contributed by atoms with Crippen LogP contribution >= 0.6 is 12.6 Å². The number of carboxylic acids is 1. The molecule has 4 atom stereocenters. The van der Waals surface area contributed by atoms with Crippen molar-refractivity contribution in [3.63, 3.8) is 0 Å². The van der Waals surface area contributed by atoms with E-state index in [1.54, 1.807) is 24.3 Å². The van der Waals surface area contributed by atoms with Gasteiger partial charge in [-0.2, -0.15) is 12.6 Å². The molecule has 0 unspecified atom stereocenters. The van der Waals surface area contributed by atoms with Gasteiger partial charge in [-0.3, -0.25) is 14.4 Å². The van der Waals surface area contributed by atoms with E-state index in [1.165, 1.54) is 0 Å². The third-order valence-electron chi connectivity index (χ3n) is 5.11. The molecule has 34 heavy (non-hydrogen) atoms. The van der Waals surface area contributed by atoms with Crippen LogP contribution in [-0.4, -0.2) is 58.7 Å². The molecule has 0 radical (unpaired) electrons. The van der Waals surface area contributed by atoms with E-state index in [0.717, 1.165) is 5.56 Å². The quantitative estimate of drug-likeness (QED) is 0.213. The Balaban J connectivity index is 3.00. The molecule has 0 heterocycles. The lowest BCUT2D eigenvalue weighted by molar-refractivity contribution is -0.142. The van der Waals surface area contributed by atoms with E-state index in [2.05, 4.69) is 28.6 Å². The van der Waals surface area contributed by atoms with Crippen molar-refractivity contribution >= 4 is 36.3 Å². The molecular weight excluding hydrogens is 456 g/mol. The summed E-state index contributed by atoms with van der Waals surface area (Å²) in [6.45, 7) is 7.59. The molecule has 0 aliphatic heterocycles. The Morgan fingerprint density at radius 1 is 0.824 bits per heavy atom. The van der Waals surface area contributed by atoms with Gasteiger partial charge in [-0.05, 0) is 30.2 Å². The number of benzene rings is 1. The Bertz CT molecular complexity index is 819. The Kier molecular flexibility index (Phi) is 12.7. The maximum Gasteiger partial charge on any atom is 0.326 e. The monoisotopic (exact) mass is 494 g/mol. The zero-order valence-electron chi connectivity index (χ0n) is 20.3. The van der Waals surface area contributed by atoms with E-state index in [9.17, 15) is 24.3 Å². The minimum absolute atomic E-state index is 0.00323. The third-order valence-corrected chi connectivity index (χ3v) is 5.48. The molecule has 10 heteroatoms. The molecule has 1 rings (SSSR count). The molecule has 0 aromatic heterocycles. The van der Waals surface area contributed by atoms with E-state index in [-0.39, 0.29) is 30.4 Å². The van der Waals surface area contributed by atoms with Crippen molar-refractivity contribution in [2.45, 2.75) is 71.1 Å². The SMILES string of the molecule is CC(C)C[C@H](NC(=O)[C@H](Cc1ccccc1)NC(=O)[C@H](CS)NC(=O)[C@@H](N)CC(C)C)C(=O)O. The topological polar surface area (TPSA) is 151 Å². The predicted molar refractivity (Wildman–Crippen MR) is 134 cm³/mol. The number of thiol groups is 1. The van der Waals surface area contributed by atoms with Gasteiger partial charge in [0.25, 0.3) is 0 Å². The molecule has 9 nitrogen and oxygen atoms in total. The third kappa shape index (κ3) is 10.6. The van der Waals surface area contributed by atoms with Gasteiger partial charge in [0.15, 0.2) is 0 Å². The highest BCUT2D eigenvalue weighted by Gasteiger charge is 2.30. The summed E-state index contributed by atoms with van der Waals surface area (Å²) >= 11 is 4.17. The van der Waals surface area contributed by atoms with Gasteiger partial charge in [-0.25, -0.2) is 4.79 Å². The van der Waals surface area contributed by atoms with Crippen LogP contribution in [0.3, 0.4) is 0 Å². The molecule has 0 saturated heterocycles. The second kappa shape index (κ2) is 14.6. The average molecular weight is 495 g/mol. The smallest absolute Gasteiger partial charge is 0.326 e. The molecule has 1 aromatic rings. The zero-order valence-corrected chi connectivity index (χ0v) is 21.2. The minimum Gasteiger partial charge on any atom is -0.480 e. The van der Waals surface area contributed by atoms with Gasteiger partial charge in [0.2, 0.25) is 17.7 Å². The van der Waals surface area contributed by atoms with E-state index in [1.807, 2.05) is 33.8 Å². The van der Waals surface area contributed by atoms with Gasteiger partial charge in [-0.1, -0.05) is 58.0 Å². The molecule has 1 aromatic carbocycles. The number of amides is 3. The summed E-state index contributed by atoms with van der Waals surface area (Å²) < 4.78 is 0. The number of nitrogens with one attached hydrogen (secondary N) is 3. The fraction of sp³-hybridized carbons (Fsp3) is 0.583. The van der Waals surface area contributed by atoms with Crippen LogP contribution in [0, 0.1) is 11.8 Å². The lowest BCUT2D eigenvalue weighted by Crippen LogP contribution is -2.58. The average Bonchev–Trinajstić information content (AvgIpc) is 2.75. The number of carboxylic acid groups (broad SMARTS) is 1.